The van der Waals surface area contributed by atoms with Gasteiger partial charge in [0.15, 0.2) is 0 Å². The zero-order valence-electron chi connectivity index (χ0n) is 17.2. The smallest absolute Gasteiger partial charge is 0.250 e. The lowest BCUT2D eigenvalue weighted by Crippen LogP contribution is -2.53. The first-order chi connectivity index (χ1) is 15.2. The maximum Gasteiger partial charge on any atom is 0.250 e. The number of carbonyl (C=O) groups is 4. The minimum atomic E-state index is -1.51. The van der Waals surface area contributed by atoms with Crippen molar-refractivity contribution in [3.8, 4) is 0 Å². The number of halogens is 1. The van der Waals surface area contributed by atoms with Gasteiger partial charge in [0.25, 0.3) is 0 Å². The summed E-state index contributed by atoms with van der Waals surface area (Å²) in [5.41, 5.74) is 6.46. The van der Waals surface area contributed by atoms with Crippen LogP contribution < -0.4 is 16.4 Å². The predicted octanol–water partition coefficient (Wildman–Crippen LogP) is 1.44. The molecule has 4 atom stereocenters. The molecule has 4 N–H and O–H groups in total. The zero-order valence-corrected chi connectivity index (χ0v) is 18.0. The molecule has 2 aromatic carbocycles. The number of carbonyl (C=O) groups excluding carboxylic acids is 4. The Bertz CT molecular complexity index is 1180. The van der Waals surface area contributed by atoms with Crippen LogP contribution in [0.1, 0.15) is 23.1 Å². The Labute approximate surface area is 189 Å². The number of aryl methyl sites for hydroxylation is 1. The van der Waals surface area contributed by atoms with Gasteiger partial charge in [0.05, 0.1) is 29.1 Å². The number of rotatable bonds is 4. The van der Waals surface area contributed by atoms with Crippen LogP contribution in [-0.2, 0) is 31.3 Å². The third-order valence-corrected chi connectivity index (χ3v) is 6.91. The van der Waals surface area contributed by atoms with Gasteiger partial charge in [-0.15, -0.1) is 0 Å². The van der Waals surface area contributed by atoms with Crippen LogP contribution in [0, 0.1) is 18.8 Å². The molecule has 32 heavy (non-hydrogen) atoms. The summed E-state index contributed by atoms with van der Waals surface area (Å²) in [7, 11) is 0. The number of likely N-dealkylation sites (tertiary alicyclic amines) is 1. The monoisotopic (exact) mass is 452 g/mol. The second kappa shape index (κ2) is 7.15. The van der Waals surface area contributed by atoms with Crippen molar-refractivity contribution in [3.63, 3.8) is 0 Å². The van der Waals surface area contributed by atoms with Crippen molar-refractivity contribution < 1.29 is 19.2 Å². The average Bonchev–Trinajstić information content (AvgIpc) is 3.30. The molecule has 0 aromatic heterocycles. The second-order valence-corrected chi connectivity index (χ2v) is 9.01. The van der Waals surface area contributed by atoms with Crippen LogP contribution in [0.5, 0.6) is 0 Å². The Kier molecular flexibility index (Phi) is 4.61. The quantitative estimate of drug-likeness (QED) is 0.606. The normalized spacial score (nSPS) is 28.2. The molecule has 3 aliphatic rings. The molecule has 0 unspecified atom stereocenters. The van der Waals surface area contributed by atoms with Crippen LogP contribution in [0.15, 0.2) is 42.5 Å². The van der Waals surface area contributed by atoms with E-state index in [0.717, 1.165) is 11.1 Å². The van der Waals surface area contributed by atoms with E-state index in [1.165, 1.54) is 4.90 Å². The first-order valence-electron chi connectivity index (χ1n) is 10.3. The van der Waals surface area contributed by atoms with E-state index in [2.05, 4.69) is 10.6 Å². The molecular weight excluding hydrogens is 432 g/mol. The molecule has 0 saturated carbocycles. The highest BCUT2D eigenvalue weighted by Crippen LogP contribution is 2.54. The van der Waals surface area contributed by atoms with E-state index < -0.39 is 47.0 Å². The van der Waals surface area contributed by atoms with Crippen LogP contribution in [0.25, 0.3) is 0 Å². The molecule has 4 amide bonds. The third kappa shape index (κ3) is 2.79. The van der Waals surface area contributed by atoms with E-state index in [0.29, 0.717) is 16.3 Å². The number of imide groups is 1. The van der Waals surface area contributed by atoms with Gasteiger partial charge in [-0.3, -0.25) is 29.4 Å². The fourth-order valence-corrected chi connectivity index (χ4v) is 5.69. The van der Waals surface area contributed by atoms with Crippen molar-refractivity contribution in [1.29, 1.82) is 0 Å². The lowest BCUT2D eigenvalue weighted by Gasteiger charge is -2.29. The minimum Gasteiger partial charge on any atom is -0.370 e. The number of primary amides is 1. The van der Waals surface area contributed by atoms with Gasteiger partial charge >= 0.3 is 0 Å². The summed E-state index contributed by atoms with van der Waals surface area (Å²) in [4.78, 5) is 53.5. The number of benzene rings is 2. The topological polar surface area (TPSA) is 122 Å². The molecular formula is C23H21ClN4O4. The summed E-state index contributed by atoms with van der Waals surface area (Å²) in [6, 6.07) is 11.9. The van der Waals surface area contributed by atoms with Crippen molar-refractivity contribution >= 4 is 40.9 Å². The highest BCUT2D eigenvalue weighted by atomic mass is 35.5. The molecule has 164 valence electrons. The number of amides is 4. The average molecular weight is 453 g/mol. The molecule has 3 heterocycles. The van der Waals surface area contributed by atoms with Gasteiger partial charge in [0, 0.05) is 18.0 Å². The molecule has 0 radical (unpaired) electrons. The number of hydrogen-bond acceptors (Lipinski definition) is 5. The van der Waals surface area contributed by atoms with E-state index in [9.17, 15) is 19.2 Å². The molecule has 1 spiro atoms. The second-order valence-electron chi connectivity index (χ2n) is 8.60. The first kappa shape index (κ1) is 20.7. The molecule has 2 saturated heterocycles. The minimum absolute atomic E-state index is 0.0912. The predicted molar refractivity (Wildman–Crippen MR) is 116 cm³/mol. The Morgan fingerprint density at radius 1 is 1.16 bits per heavy atom. The summed E-state index contributed by atoms with van der Waals surface area (Å²) < 4.78 is 0. The van der Waals surface area contributed by atoms with Crippen LogP contribution in [0.4, 0.5) is 5.69 Å². The van der Waals surface area contributed by atoms with Crippen molar-refractivity contribution in [2.45, 2.75) is 31.5 Å². The summed E-state index contributed by atoms with van der Waals surface area (Å²) in [6.07, 6.45) is -0.177. The molecule has 3 aliphatic heterocycles. The summed E-state index contributed by atoms with van der Waals surface area (Å²) in [6.45, 7) is 1.92. The van der Waals surface area contributed by atoms with Gasteiger partial charge < -0.3 is 11.1 Å². The Balaban J connectivity index is 1.64. The van der Waals surface area contributed by atoms with Crippen molar-refractivity contribution in [3.05, 3.63) is 64.2 Å². The molecule has 9 heteroatoms. The van der Waals surface area contributed by atoms with E-state index >= 15 is 0 Å². The highest BCUT2D eigenvalue weighted by Gasteiger charge is 2.70. The molecule has 0 aliphatic carbocycles. The summed E-state index contributed by atoms with van der Waals surface area (Å²) >= 11 is 6.39. The number of nitrogens with two attached hydrogens (primary N) is 1. The van der Waals surface area contributed by atoms with Gasteiger partial charge in [0.2, 0.25) is 23.6 Å². The maximum absolute atomic E-state index is 13.7. The molecule has 0 bridgehead atoms. The molecule has 2 fully saturated rings. The summed E-state index contributed by atoms with van der Waals surface area (Å²) in [5, 5.41) is 6.29. The fraction of sp³-hybridized carbons (Fsp3) is 0.304. The van der Waals surface area contributed by atoms with Crippen LogP contribution in [0.3, 0.4) is 0 Å². The van der Waals surface area contributed by atoms with Crippen LogP contribution in [0.2, 0.25) is 5.02 Å². The van der Waals surface area contributed by atoms with Crippen molar-refractivity contribution in [2.24, 2.45) is 17.6 Å². The zero-order chi connectivity index (χ0) is 22.8. The first-order valence-corrected chi connectivity index (χ1v) is 10.7. The van der Waals surface area contributed by atoms with Crippen molar-refractivity contribution in [2.75, 3.05) is 5.32 Å². The van der Waals surface area contributed by atoms with Crippen molar-refractivity contribution in [1.82, 2.24) is 10.2 Å². The Morgan fingerprint density at radius 2 is 1.88 bits per heavy atom. The Morgan fingerprint density at radius 3 is 2.56 bits per heavy atom. The largest absolute Gasteiger partial charge is 0.370 e. The lowest BCUT2D eigenvalue weighted by molar-refractivity contribution is -0.143. The van der Waals surface area contributed by atoms with E-state index in [4.69, 9.17) is 17.3 Å². The molecule has 8 nitrogen and oxygen atoms in total. The lowest BCUT2D eigenvalue weighted by atomic mass is 9.76. The number of nitrogens with zero attached hydrogens (tertiary/aromatic N) is 1. The number of anilines is 1. The number of hydrogen-bond donors (Lipinski definition) is 3. The number of fused-ring (bicyclic) bond motifs is 4. The molecule has 5 rings (SSSR count). The van der Waals surface area contributed by atoms with Gasteiger partial charge in [0.1, 0.15) is 5.54 Å². The summed E-state index contributed by atoms with van der Waals surface area (Å²) in [5.74, 6) is -3.87. The van der Waals surface area contributed by atoms with E-state index in [1.807, 2.05) is 37.3 Å². The van der Waals surface area contributed by atoms with Gasteiger partial charge in [-0.2, -0.15) is 0 Å². The van der Waals surface area contributed by atoms with E-state index in [1.54, 1.807) is 12.1 Å². The molecule has 2 aromatic rings. The standard InChI is InChI=1S/C23H21ClN4O4/c1-11-7-13-19(14(24)8-11)26-22(32)23(13)18-17(15(27-23)9-16(25)29)20(30)28(21(18)31)10-12-5-3-2-4-6-12/h2-8,15,17-18,27H,9-10H2,1H3,(H2,25,29)(H,26,32)/t15-,17+,18-,23+/m0/s1. The van der Waals surface area contributed by atoms with E-state index in [-0.39, 0.29) is 13.0 Å². The van der Waals surface area contributed by atoms with Gasteiger partial charge in [-0.1, -0.05) is 48.0 Å². The third-order valence-electron chi connectivity index (χ3n) is 6.62. The SMILES string of the molecule is Cc1cc(Cl)c2c(c1)[C@]1(N[C@@H](CC(N)=O)[C@H]3C(=O)N(Cc4ccccc4)C(=O)[C@H]31)C(=O)N2. The van der Waals surface area contributed by atoms with Gasteiger partial charge in [-0.25, -0.2) is 0 Å². The fourth-order valence-electron chi connectivity index (χ4n) is 5.37. The highest BCUT2D eigenvalue weighted by molar-refractivity contribution is 6.35. The Hall–Kier alpha value is -3.23. The maximum atomic E-state index is 13.7. The van der Waals surface area contributed by atoms with Crippen LogP contribution in [-0.4, -0.2) is 34.6 Å². The number of nitrogens with one attached hydrogen (secondary N) is 2. The van der Waals surface area contributed by atoms with Gasteiger partial charge in [-0.05, 0) is 24.1 Å². The van der Waals surface area contributed by atoms with Crippen LogP contribution >= 0.6 is 11.6 Å².